The Kier molecular flexibility index (Phi) is 2.31. The van der Waals surface area contributed by atoms with Crippen LogP contribution in [0.4, 0.5) is 5.69 Å². The van der Waals surface area contributed by atoms with Crippen molar-refractivity contribution in [3.05, 3.63) is 24.4 Å². The number of rotatable bonds is 1. The van der Waals surface area contributed by atoms with E-state index in [1.807, 2.05) is 11.7 Å². The van der Waals surface area contributed by atoms with E-state index in [0.29, 0.717) is 0 Å². The lowest BCUT2D eigenvalue weighted by Crippen LogP contribution is -2.29. The molecular formula is C13H17N3. The first kappa shape index (κ1) is 9.70. The van der Waals surface area contributed by atoms with Gasteiger partial charge in [0, 0.05) is 37.4 Å². The molecule has 0 bridgehead atoms. The first-order chi connectivity index (χ1) is 7.83. The van der Waals surface area contributed by atoms with Crippen LogP contribution in [-0.2, 0) is 7.05 Å². The zero-order valence-electron chi connectivity index (χ0n) is 9.69. The molecule has 1 aromatic carbocycles. The van der Waals surface area contributed by atoms with E-state index in [1.165, 1.54) is 43.4 Å². The summed E-state index contributed by atoms with van der Waals surface area (Å²) in [5.74, 6) is 0. The molecule has 16 heavy (non-hydrogen) atoms. The minimum atomic E-state index is 1.10. The zero-order valence-corrected chi connectivity index (χ0v) is 9.69. The summed E-state index contributed by atoms with van der Waals surface area (Å²) in [7, 11) is 1.97. The minimum Gasteiger partial charge on any atom is -0.371 e. The third-order valence-electron chi connectivity index (χ3n) is 3.33. The number of benzene rings is 1. The fourth-order valence-electron chi connectivity index (χ4n) is 2.48. The first-order valence-corrected chi connectivity index (χ1v) is 6.01. The van der Waals surface area contributed by atoms with Crippen LogP contribution in [0.15, 0.2) is 24.4 Å². The molecule has 3 nitrogen and oxygen atoms in total. The van der Waals surface area contributed by atoms with Crippen molar-refractivity contribution in [3.8, 4) is 0 Å². The van der Waals surface area contributed by atoms with E-state index in [2.05, 4.69) is 34.4 Å². The van der Waals surface area contributed by atoms with Crippen LogP contribution in [-0.4, -0.2) is 22.9 Å². The van der Waals surface area contributed by atoms with Crippen LogP contribution < -0.4 is 4.90 Å². The van der Waals surface area contributed by atoms with Crippen molar-refractivity contribution in [2.45, 2.75) is 19.3 Å². The van der Waals surface area contributed by atoms with Gasteiger partial charge in [0.1, 0.15) is 0 Å². The molecule has 1 saturated heterocycles. The maximum absolute atomic E-state index is 4.46. The Bertz CT molecular complexity index is 495. The van der Waals surface area contributed by atoms with Crippen LogP contribution in [0, 0.1) is 0 Å². The summed E-state index contributed by atoms with van der Waals surface area (Å²) in [5, 5.41) is 5.68. The van der Waals surface area contributed by atoms with Gasteiger partial charge in [-0.15, -0.1) is 0 Å². The lowest BCUT2D eigenvalue weighted by Gasteiger charge is -2.28. The smallest absolute Gasteiger partial charge is 0.0943 e. The van der Waals surface area contributed by atoms with Crippen molar-refractivity contribution >= 4 is 16.6 Å². The fraction of sp³-hybridized carbons (Fsp3) is 0.462. The molecule has 0 aliphatic carbocycles. The minimum absolute atomic E-state index is 1.10. The third-order valence-corrected chi connectivity index (χ3v) is 3.33. The predicted octanol–water partition coefficient (Wildman–Crippen LogP) is 2.56. The Hall–Kier alpha value is -1.51. The average molecular weight is 215 g/mol. The molecule has 1 aliphatic heterocycles. The normalized spacial score (nSPS) is 16.9. The maximum atomic E-state index is 4.46. The molecule has 0 atom stereocenters. The van der Waals surface area contributed by atoms with E-state index in [9.17, 15) is 0 Å². The molecule has 3 heteroatoms. The second-order valence-corrected chi connectivity index (χ2v) is 4.59. The van der Waals surface area contributed by atoms with E-state index in [-0.39, 0.29) is 0 Å². The molecule has 1 fully saturated rings. The molecule has 0 saturated carbocycles. The van der Waals surface area contributed by atoms with Crippen molar-refractivity contribution in [1.29, 1.82) is 0 Å². The summed E-state index contributed by atoms with van der Waals surface area (Å²) >= 11 is 0. The van der Waals surface area contributed by atoms with Crippen LogP contribution in [0.2, 0.25) is 0 Å². The monoisotopic (exact) mass is 215 g/mol. The third kappa shape index (κ3) is 1.66. The highest BCUT2D eigenvalue weighted by molar-refractivity contribution is 5.82. The number of piperidine rings is 1. The molecule has 1 aromatic heterocycles. The van der Waals surface area contributed by atoms with E-state index < -0.39 is 0 Å². The van der Waals surface area contributed by atoms with Gasteiger partial charge in [-0.3, -0.25) is 4.68 Å². The molecule has 2 heterocycles. The Morgan fingerprint density at radius 1 is 1.12 bits per heavy atom. The zero-order chi connectivity index (χ0) is 11.0. The van der Waals surface area contributed by atoms with Gasteiger partial charge in [0.2, 0.25) is 0 Å². The second-order valence-electron chi connectivity index (χ2n) is 4.59. The van der Waals surface area contributed by atoms with E-state index >= 15 is 0 Å². The van der Waals surface area contributed by atoms with E-state index in [1.54, 1.807) is 0 Å². The molecule has 0 radical (unpaired) electrons. The highest BCUT2D eigenvalue weighted by Crippen LogP contribution is 2.23. The van der Waals surface area contributed by atoms with Gasteiger partial charge in [0.25, 0.3) is 0 Å². The van der Waals surface area contributed by atoms with Gasteiger partial charge < -0.3 is 4.90 Å². The van der Waals surface area contributed by atoms with Gasteiger partial charge in [-0.05, 0) is 37.5 Å². The number of nitrogens with zero attached hydrogens (tertiary/aromatic N) is 3. The van der Waals surface area contributed by atoms with Crippen molar-refractivity contribution in [3.63, 3.8) is 0 Å². The van der Waals surface area contributed by atoms with Crippen molar-refractivity contribution in [1.82, 2.24) is 9.78 Å². The Morgan fingerprint density at radius 2 is 1.94 bits per heavy atom. The molecule has 0 amide bonds. The van der Waals surface area contributed by atoms with Gasteiger partial charge in [-0.1, -0.05) is 0 Å². The second kappa shape index (κ2) is 3.81. The molecule has 84 valence electrons. The van der Waals surface area contributed by atoms with Crippen LogP contribution in [0.5, 0.6) is 0 Å². The standard InChI is InChI=1S/C13H17N3/c1-15-10-11-5-6-12(9-13(11)14-15)16-7-3-2-4-8-16/h5-6,9-10H,2-4,7-8H2,1H3. The Morgan fingerprint density at radius 3 is 2.75 bits per heavy atom. The largest absolute Gasteiger partial charge is 0.371 e. The maximum Gasteiger partial charge on any atom is 0.0943 e. The molecule has 1 aliphatic rings. The molecule has 0 N–H and O–H groups in total. The van der Waals surface area contributed by atoms with Gasteiger partial charge in [-0.25, -0.2) is 0 Å². The number of anilines is 1. The molecule has 3 rings (SSSR count). The lowest BCUT2D eigenvalue weighted by molar-refractivity contribution is 0.578. The molecule has 0 unspecified atom stereocenters. The van der Waals surface area contributed by atoms with Crippen molar-refractivity contribution in [2.75, 3.05) is 18.0 Å². The summed E-state index contributed by atoms with van der Waals surface area (Å²) in [6.07, 6.45) is 6.08. The number of hydrogen-bond donors (Lipinski definition) is 0. The van der Waals surface area contributed by atoms with Crippen LogP contribution in [0.25, 0.3) is 10.9 Å². The number of aromatic nitrogens is 2. The summed E-state index contributed by atoms with van der Waals surface area (Å²) in [4.78, 5) is 2.47. The first-order valence-electron chi connectivity index (χ1n) is 6.01. The number of fused-ring (bicyclic) bond motifs is 1. The molecule has 0 spiro atoms. The highest BCUT2D eigenvalue weighted by Gasteiger charge is 2.11. The number of hydrogen-bond acceptors (Lipinski definition) is 2. The quantitative estimate of drug-likeness (QED) is 0.729. The van der Waals surface area contributed by atoms with Gasteiger partial charge >= 0.3 is 0 Å². The summed E-state index contributed by atoms with van der Waals surface area (Å²) in [6, 6.07) is 6.60. The molecule has 2 aromatic rings. The lowest BCUT2D eigenvalue weighted by atomic mass is 10.1. The predicted molar refractivity (Wildman–Crippen MR) is 66.8 cm³/mol. The van der Waals surface area contributed by atoms with Crippen LogP contribution in [0.3, 0.4) is 0 Å². The van der Waals surface area contributed by atoms with E-state index in [0.717, 1.165) is 5.52 Å². The number of aryl methyl sites for hydroxylation is 1. The van der Waals surface area contributed by atoms with Crippen molar-refractivity contribution in [2.24, 2.45) is 7.05 Å². The van der Waals surface area contributed by atoms with Gasteiger partial charge in [0.15, 0.2) is 0 Å². The van der Waals surface area contributed by atoms with Crippen molar-refractivity contribution < 1.29 is 0 Å². The summed E-state index contributed by atoms with van der Waals surface area (Å²) < 4.78 is 1.88. The summed E-state index contributed by atoms with van der Waals surface area (Å²) in [5.41, 5.74) is 2.43. The van der Waals surface area contributed by atoms with Gasteiger partial charge in [0.05, 0.1) is 5.52 Å². The average Bonchev–Trinajstić information content (AvgIpc) is 2.69. The van der Waals surface area contributed by atoms with Gasteiger partial charge in [-0.2, -0.15) is 5.10 Å². The molecular weight excluding hydrogens is 198 g/mol. The van der Waals surface area contributed by atoms with Crippen LogP contribution in [0.1, 0.15) is 19.3 Å². The van der Waals surface area contributed by atoms with Crippen LogP contribution >= 0.6 is 0 Å². The highest BCUT2D eigenvalue weighted by atomic mass is 15.2. The Labute approximate surface area is 95.7 Å². The fourth-order valence-corrected chi connectivity index (χ4v) is 2.48. The summed E-state index contributed by atoms with van der Waals surface area (Å²) in [6.45, 7) is 2.39. The Balaban J connectivity index is 1.97. The topological polar surface area (TPSA) is 21.1 Å². The SMILES string of the molecule is Cn1cc2ccc(N3CCCCC3)cc2n1. The van der Waals surface area contributed by atoms with E-state index in [4.69, 9.17) is 0 Å².